The molecule has 0 fully saturated rings. The van der Waals surface area contributed by atoms with Gasteiger partial charge in [0.25, 0.3) is 0 Å². The van der Waals surface area contributed by atoms with Gasteiger partial charge in [-0.25, -0.2) is 0 Å². The van der Waals surface area contributed by atoms with Crippen LogP contribution in [0.5, 0.6) is 0 Å². The summed E-state index contributed by atoms with van der Waals surface area (Å²) in [5, 5.41) is 0. The van der Waals surface area contributed by atoms with E-state index in [-0.39, 0.29) is 40.3 Å². The number of hydrogen-bond acceptors (Lipinski definition) is 0. The van der Waals surface area contributed by atoms with Gasteiger partial charge in [0.15, 0.2) is 0 Å². The molecule has 4 heavy (non-hydrogen) atoms. The fourth-order valence-electron chi connectivity index (χ4n) is 0. The molecule has 0 atom stereocenters. The van der Waals surface area contributed by atoms with E-state index in [1.807, 2.05) is 0 Å². The van der Waals surface area contributed by atoms with Crippen LogP contribution < -0.4 is 0 Å². The van der Waals surface area contributed by atoms with Crippen LogP contribution in [0.1, 0.15) is 0 Å². The Kier molecular flexibility index (Phi) is 1970. The van der Waals surface area contributed by atoms with Crippen molar-refractivity contribution in [3.63, 3.8) is 0 Å². The molecule has 0 aliphatic heterocycles. The molecule has 0 aliphatic carbocycles. The molecule has 3 radical (unpaired) electrons. The quantitative estimate of drug-likeness (QED) is 0.347. The fourth-order valence-corrected chi connectivity index (χ4v) is 0. The van der Waals surface area contributed by atoms with Crippen LogP contribution >= 0.6 is 0 Å². The van der Waals surface area contributed by atoms with Crippen LogP contribution in [0.3, 0.4) is 0 Å². The second-order valence-electron chi connectivity index (χ2n) is 0. The second-order valence-corrected chi connectivity index (χ2v) is 0. The van der Waals surface area contributed by atoms with Gasteiger partial charge in [-0.3, -0.25) is 0 Å². The molecular formula is H7O3Sn. The molecule has 0 spiro atoms. The molecule has 29 valence electrons. The van der Waals surface area contributed by atoms with Crippen LogP contribution in [-0.2, 0) is 0 Å². The molecule has 4 heteroatoms. The van der Waals surface area contributed by atoms with Crippen LogP contribution in [0.4, 0.5) is 0 Å². The molecule has 0 heterocycles. The molecular weight excluding hydrogens is 167 g/mol. The molecule has 0 aromatic carbocycles. The molecule has 0 rings (SSSR count). The molecule has 0 bridgehead atoms. The fraction of sp³-hybridized carbons (Fsp3) is 0. The zero-order chi connectivity index (χ0) is 0. The third-order valence-electron chi connectivity index (χ3n) is 0. The minimum atomic E-state index is 0. The molecule has 3 nitrogen and oxygen atoms in total. The van der Waals surface area contributed by atoms with Crippen molar-refractivity contribution in [2.45, 2.75) is 0 Å². The number of hydrogen-bond donors (Lipinski definition) is 0. The molecule has 0 saturated carbocycles. The van der Waals surface area contributed by atoms with Crippen molar-refractivity contribution in [3.05, 3.63) is 0 Å². The summed E-state index contributed by atoms with van der Waals surface area (Å²) in [5.74, 6) is 0. The predicted molar refractivity (Wildman–Crippen MR) is 18.0 cm³/mol. The van der Waals surface area contributed by atoms with Gasteiger partial charge in [0.1, 0.15) is 0 Å². The average molecular weight is 174 g/mol. The third-order valence-corrected chi connectivity index (χ3v) is 0. The topological polar surface area (TPSA) is 94.5 Å². The summed E-state index contributed by atoms with van der Waals surface area (Å²) in [7, 11) is 0. The standard InChI is InChI=1S/3H2O.Sn.H/h3*1H2;;. The molecule has 0 aromatic rings. The Labute approximate surface area is 40.9 Å². The molecule has 0 aromatic heterocycles. The predicted octanol–water partition coefficient (Wildman–Crippen LogP) is -3.12. The summed E-state index contributed by atoms with van der Waals surface area (Å²) in [6.07, 6.45) is 0. The summed E-state index contributed by atoms with van der Waals surface area (Å²) in [6.45, 7) is 0. The van der Waals surface area contributed by atoms with Crippen molar-refractivity contribution in [3.8, 4) is 0 Å². The Hall–Kier alpha value is 0.679. The Morgan fingerprint density at radius 3 is 0.500 bits per heavy atom. The van der Waals surface area contributed by atoms with Gasteiger partial charge < -0.3 is 16.4 Å². The van der Waals surface area contributed by atoms with Crippen LogP contribution in [0, 0.1) is 0 Å². The zero-order valence-electron chi connectivity index (χ0n) is 2.08. The molecule has 0 saturated heterocycles. The van der Waals surface area contributed by atoms with Crippen molar-refractivity contribution >= 4 is 23.9 Å². The van der Waals surface area contributed by atoms with Crippen molar-refractivity contribution < 1.29 is 16.4 Å². The summed E-state index contributed by atoms with van der Waals surface area (Å²) in [4.78, 5) is 0. The zero-order valence-corrected chi connectivity index (χ0v) is 5.37. The van der Waals surface area contributed by atoms with Gasteiger partial charge in [-0.05, 0) is 0 Å². The van der Waals surface area contributed by atoms with Crippen molar-refractivity contribution in [1.82, 2.24) is 0 Å². The van der Waals surface area contributed by atoms with Gasteiger partial charge in [-0.1, -0.05) is 0 Å². The molecule has 6 N–H and O–H groups in total. The van der Waals surface area contributed by atoms with Crippen molar-refractivity contribution in [1.29, 1.82) is 0 Å². The van der Waals surface area contributed by atoms with E-state index < -0.39 is 0 Å². The summed E-state index contributed by atoms with van der Waals surface area (Å²) < 4.78 is 0. The first kappa shape index (κ1) is 137. The van der Waals surface area contributed by atoms with E-state index in [1.165, 1.54) is 0 Å². The molecule has 0 amide bonds. The van der Waals surface area contributed by atoms with Gasteiger partial charge in [-0.2, -0.15) is 0 Å². The van der Waals surface area contributed by atoms with Gasteiger partial charge in [0.05, 0.1) is 0 Å². The Balaban J connectivity index is 0. The Morgan fingerprint density at radius 2 is 0.500 bits per heavy atom. The summed E-state index contributed by atoms with van der Waals surface area (Å²) in [6, 6.07) is 0. The monoisotopic (exact) mass is 175 g/mol. The Morgan fingerprint density at radius 1 is 0.500 bits per heavy atom. The molecule has 0 unspecified atom stereocenters. The Bertz CT molecular complexity index is 3.25. The van der Waals surface area contributed by atoms with Gasteiger partial charge >= 0.3 is 23.9 Å². The van der Waals surface area contributed by atoms with Crippen molar-refractivity contribution in [2.24, 2.45) is 0 Å². The third kappa shape index (κ3) is 16.4. The first-order valence-corrected chi connectivity index (χ1v) is 0. The van der Waals surface area contributed by atoms with E-state index in [0.717, 1.165) is 0 Å². The average Bonchev–Trinajstić information content (AvgIpc) is 0. The first-order chi connectivity index (χ1) is 0. The second kappa shape index (κ2) is 57.3. The first-order valence-electron chi connectivity index (χ1n) is 0. The maximum atomic E-state index is 0. The van der Waals surface area contributed by atoms with Crippen molar-refractivity contribution in [2.75, 3.05) is 0 Å². The van der Waals surface area contributed by atoms with E-state index in [1.54, 1.807) is 0 Å². The van der Waals surface area contributed by atoms with E-state index >= 15 is 0 Å². The summed E-state index contributed by atoms with van der Waals surface area (Å²) in [5.41, 5.74) is 0. The maximum absolute atomic E-state index is 0. The minimum absolute atomic E-state index is 0. The van der Waals surface area contributed by atoms with Crippen LogP contribution in [0.2, 0.25) is 0 Å². The number of rotatable bonds is 0. The van der Waals surface area contributed by atoms with Gasteiger partial charge in [0.2, 0.25) is 0 Å². The normalized spacial score (nSPS) is 0. The van der Waals surface area contributed by atoms with Crippen LogP contribution in [-0.4, -0.2) is 40.3 Å². The summed E-state index contributed by atoms with van der Waals surface area (Å²) >= 11 is 0. The van der Waals surface area contributed by atoms with Gasteiger partial charge in [0, 0.05) is 0 Å². The van der Waals surface area contributed by atoms with Crippen LogP contribution in [0.15, 0.2) is 0 Å². The van der Waals surface area contributed by atoms with E-state index in [9.17, 15) is 0 Å². The molecule has 0 aliphatic rings. The van der Waals surface area contributed by atoms with Gasteiger partial charge in [-0.15, -0.1) is 0 Å². The van der Waals surface area contributed by atoms with E-state index in [2.05, 4.69) is 0 Å². The van der Waals surface area contributed by atoms with Crippen LogP contribution in [0.25, 0.3) is 0 Å². The van der Waals surface area contributed by atoms with E-state index in [4.69, 9.17) is 0 Å². The van der Waals surface area contributed by atoms with E-state index in [0.29, 0.717) is 0 Å². The SMILES string of the molecule is O.O.O.[SnH].